The van der Waals surface area contributed by atoms with Gasteiger partial charge in [0.05, 0.1) is 6.61 Å². The van der Waals surface area contributed by atoms with Gasteiger partial charge in [-0.05, 0) is 57.8 Å². The summed E-state index contributed by atoms with van der Waals surface area (Å²) in [5.74, 6) is -0.482. The minimum atomic E-state index is -0.562. The van der Waals surface area contributed by atoms with Gasteiger partial charge in [0.15, 0.2) is 6.10 Å². The molecule has 0 aliphatic heterocycles. The minimum absolute atomic E-state index is 0.0493. The van der Waals surface area contributed by atoms with Crippen LogP contribution in [0.5, 0.6) is 0 Å². The minimum Gasteiger partial charge on any atom is -0.462 e. The SMILES string of the molecule is CCCCC/C=C\C/C=C\C/C=C\C/C=C\C/C=C\CCC(=O)OC[C@@H](COCCCCCCCCCCCCCCCCCC)OC(=O)CCCCCCCCCCCCC. The van der Waals surface area contributed by atoms with Crippen molar-refractivity contribution in [3.63, 3.8) is 0 Å². The molecule has 1 atom stereocenters. The van der Waals surface area contributed by atoms with E-state index in [4.69, 9.17) is 14.2 Å². The zero-order valence-electron chi connectivity index (χ0n) is 41.4. The van der Waals surface area contributed by atoms with Crippen LogP contribution in [0.15, 0.2) is 60.8 Å². The average Bonchev–Trinajstić information content (AvgIpc) is 3.27. The second kappa shape index (κ2) is 52.9. The zero-order valence-corrected chi connectivity index (χ0v) is 41.4. The molecule has 5 heteroatoms. The van der Waals surface area contributed by atoms with E-state index >= 15 is 0 Å². The lowest BCUT2D eigenvalue weighted by molar-refractivity contribution is -0.162. The highest BCUT2D eigenvalue weighted by Crippen LogP contribution is 2.15. The van der Waals surface area contributed by atoms with Gasteiger partial charge in [-0.25, -0.2) is 0 Å². The second-order valence-electron chi connectivity index (χ2n) is 17.8. The van der Waals surface area contributed by atoms with Crippen LogP contribution in [0.25, 0.3) is 0 Å². The number of rotatable bonds is 49. The summed E-state index contributed by atoms with van der Waals surface area (Å²) in [4.78, 5) is 25.3. The molecule has 62 heavy (non-hydrogen) atoms. The van der Waals surface area contributed by atoms with E-state index < -0.39 is 6.10 Å². The molecule has 0 aromatic heterocycles. The second-order valence-corrected chi connectivity index (χ2v) is 17.8. The van der Waals surface area contributed by atoms with Gasteiger partial charge in [-0.15, -0.1) is 0 Å². The van der Waals surface area contributed by atoms with Gasteiger partial charge < -0.3 is 14.2 Å². The molecule has 0 aliphatic carbocycles. The maximum Gasteiger partial charge on any atom is 0.306 e. The fraction of sp³-hybridized carbons (Fsp3) is 0.789. The van der Waals surface area contributed by atoms with E-state index in [1.54, 1.807) is 0 Å². The first-order chi connectivity index (χ1) is 30.6. The number of carbonyl (C=O) groups excluding carboxylic acids is 2. The molecule has 0 rings (SSSR count). The van der Waals surface area contributed by atoms with E-state index in [2.05, 4.69) is 75.5 Å². The Labute approximate surface area is 385 Å². The van der Waals surface area contributed by atoms with Crippen molar-refractivity contribution in [3.05, 3.63) is 60.8 Å². The molecular formula is C57H102O5. The molecule has 0 fully saturated rings. The smallest absolute Gasteiger partial charge is 0.306 e. The van der Waals surface area contributed by atoms with Crippen molar-refractivity contribution in [2.75, 3.05) is 19.8 Å². The molecule has 5 nitrogen and oxygen atoms in total. The predicted octanol–water partition coefficient (Wildman–Crippen LogP) is 18.1. The number of ether oxygens (including phenoxy) is 3. The van der Waals surface area contributed by atoms with Crippen molar-refractivity contribution in [3.8, 4) is 0 Å². The van der Waals surface area contributed by atoms with Crippen molar-refractivity contribution in [2.24, 2.45) is 0 Å². The van der Waals surface area contributed by atoms with Crippen LogP contribution in [0, 0.1) is 0 Å². The Bertz CT molecular complexity index is 1070. The third-order valence-electron chi connectivity index (χ3n) is 11.6. The fourth-order valence-corrected chi connectivity index (χ4v) is 7.55. The Morgan fingerprint density at radius 2 is 0.710 bits per heavy atom. The van der Waals surface area contributed by atoms with Gasteiger partial charge >= 0.3 is 11.9 Å². The molecule has 0 aromatic rings. The topological polar surface area (TPSA) is 61.8 Å². The number of hydrogen-bond donors (Lipinski definition) is 0. The zero-order chi connectivity index (χ0) is 44.9. The third-order valence-corrected chi connectivity index (χ3v) is 11.6. The van der Waals surface area contributed by atoms with E-state index in [9.17, 15) is 9.59 Å². The molecule has 360 valence electrons. The fourth-order valence-electron chi connectivity index (χ4n) is 7.55. The Morgan fingerprint density at radius 3 is 1.15 bits per heavy atom. The monoisotopic (exact) mass is 867 g/mol. The van der Waals surface area contributed by atoms with Crippen LogP contribution in [0.2, 0.25) is 0 Å². The van der Waals surface area contributed by atoms with Gasteiger partial charge in [-0.3, -0.25) is 9.59 Å². The molecule has 0 radical (unpaired) electrons. The quantitative estimate of drug-likeness (QED) is 0.0346. The van der Waals surface area contributed by atoms with Gasteiger partial charge in [-0.1, -0.05) is 255 Å². The van der Waals surface area contributed by atoms with E-state index in [1.807, 2.05) is 6.08 Å². The molecule has 0 unspecified atom stereocenters. The van der Waals surface area contributed by atoms with Gasteiger partial charge in [0, 0.05) is 19.4 Å². The lowest BCUT2D eigenvalue weighted by atomic mass is 10.0. The number of unbranched alkanes of at least 4 members (excludes halogenated alkanes) is 28. The molecule has 0 bridgehead atoms. The maximum absolute atomic E-state index is 12.8. The van der Waals surface area contributed by atoms with Crippen molar-refractivity contribution >= 4 is 11.9 Å². The van der Waals surface area contributed by atoms with Crippen LogP contribution in [-0.2, 0) is 23.8 Å². The average molecular weight is 867 g/mol. The van der Waals surface area contributed by atoms with Crippen LogP contribution in [0.4, 0.5) is 0 Å². The van der Waals surface area contributed by atoms with Crippen LogP contribution < -0.4 is 0 Å². The summed E-state index contributed by atoms with van der Waals surface area (Å²) < 4.78 is 17.3. The van der Waals surface area contributed by atoms with Crippen LogP contribution in [0.3, 0.4) is 0 Å². The first kappa shape index (κ1) is 59.6. The highest BCUT2D eigenvalue weighted by atomic mass is 16.6. The van der Waals surface area contributed by atoms with Crippen LogP contribution in [0.1, 0.15) is 265 Å². The van der Waals surface area contributed by atoms with Gasteiger partial charge in [0.1, 0.15) is 6.61 Å². The number of allylic oxidation sites excluding steroid dienone is 10. The van der Waals surface area contributed by atoms with Crippen LogP contribution >= 0.6 is 0 Å². The van der Waals surface area contributed by atoms with Crippen molar-refractivity contribution < 1.29 is 23.8 Å². The first-order valence-electron chi connectivity index (χ1n) is 26.8. The number of hydrogen-bond acceptors (Lipinski definition) is 5. The molecular weight excluding hydrogens is 765 g/mol. The van der Waals surface area contributed by atoms with E-state index in [1.165, 1.54) is 173 Å². The molecule has 0 N–H and O–H groups in total. The first-order valence-corrected chi connectivity index (χ1v) is 26.8. The predicted molar refractivity (Wildman–Crippen MR) is 270 cm³/mol. The van der Waals surface area contributed by atoms with E-state index in [0.29, 0.717) is 25.9 Å². The Balaban J connectivity index is 4.32. The summed E-state index contributed by atoms with van der Waals surface area (Å²) >= 11 is 0. The molecule has 0 saturated heterocycles. The largest absolute Gasteiger partial charge is 0.462 e. The van der Waals surface area contributed by atoms with E-state index in [0.717, 1.165) is 51.4 Å². The summed E-state index contributed by atoms with van der Waals surface area (Å²) in [6.45, 7) is 7.75. The molecule has 0 aromatic carbocycles. The highest BCUT2D eigenvalue weighted by Gasteiger charge is 2.17. The molecule has 0 saturated carbocycles. The maximum atomic E-state index is 12.8. The lowest BCUT2D eigenvalue weighted by Gasteiger charge is -2.18. The third kappa shape index (κ3) is 50.2. The summed E-state index contributed by atoms with van der Waals surface area (Å²) in [6.07, 6.45) is 66.7. The Kier molecular flexibility index (Phi) is 50.9. The Hall–Kier alpha value is -2.40. The van der Waals surface area contributed by atoms with Crippen molar-refractivity contribution in [1.82, 2.24) is 0 Å². The summed E-state index contributed by atoms with van der Waals surface area (Å²) in [6, 6.07) is 0. The van der Waals surface area contributed by atoms with Gasteiger partial charge in [0.25, 0.3) is 0 Å². The van der Waals surface area contributed by atoms with Crippen LogP contribution in [-0.4, -0.2) is 37.9 Å². The lowest BCUT2D eigenvalue weighted by Crippen LogP contribution is -2.30. The normalized spacial score (nSPS) is 12.6. The summed E-state index contributed by atoms with van der Waals surface area (Å²) in [7, 11) is 0. The Morgan fingerprint density at radius 1 is 0.355 bits per heavy atom. The van der Waals surface area contributed by atoms with Crippen molar-refractivity contribution in [1.29, 1.82) is 0 Å². The molecule has 0 amide bonds. The van der Waals surface area contributed by atoms with Gasteiger partial charge in [-0.2, -0.15) is 0 Å². The number of esters is 2. The number of carbonyl (C=O) groups is 2. The molecule has 0 aliphatic rings. The standard InChI is InChI=1S/C57H102O5/c1-4-7-10-13-16-19-22-24-26-28-29-30-31-33-36-38-41-44-47-50-56(58)61-54-55(62-57(59)51-48-45-42-39-35-21-18-15-12-9-6-3)53-60-52-49-46-43-40-37-34-32-27-25-23-20-17-14-11-8-5-2/h16,19,24,26,29-30,33,36,41,44,55H,4-15,17-18,20-23,25,27-28,31-32,34-35,37-40,42-43,45-54H2,1-3H3/b19-16-,26-24-,30-29-,36-33-,44-41-/t55-/m1/s1. The van der Waals surface area contributed by atoms with E-state index in [-0.39, 0.29) is 25.2 Å². The summed E-state index contributed by atoms with van der Waals surface area (Å²) in [5, 5.41) is 0. The van der Waals surface area contributed by atoms with Gasteiger partial charge in [0.2, 0.25) is 0 Å². The highest BCUT2D eigenvalue weighted by molar-refractivity contribution is 5.70. The molecule has 0 spiro atoms. The van der Waals surface area contributed by atoms with Crippen molar-refractivity contribution in [2.45, 2.75) is 271 Å². The summed E-state index contributed by atoms with van der Waals surface area (Å²) in [5.41, 5.74) is 0. The molecule has 0 heterocycles.